The SMILES string of the molecule is COc1cc(N)cc(COCc2ccco2)c1. The molecule has 0 aliphatic heterocycles. The molecule has 0 radical (unpaired) electrons. The van der Waals surface area contributed by atoms with Crippen molar-refractivity contribution in [2.75, 3.05) is 12.8 Å². The van der Waals surface area contributed by atoms with Crippen molar-refractivity contribution in [3.05, 3.63) is 47.9 Å². The maximum absolute atomic E-state index is 5.75. The molecule has 0 spiro atoms. The molecule has 2 N–H and O–H groups in total. The van der Waals surface area contributed by atoms with E-state index in [1.807, 2.05) is 24.3 Å². The summed E-state index contributed by atoms with van der Waals surface area (Å²) in [6.45, 7) is 0.923. The summed E-state index contributed by atoms with van der Waals surface area (Å²) in [7, 11) is 1.61. The lowest BCUT2D eigenvalue weighted by Crippen LogP contribution is -1.96. The fraction of sp³-hybridized carbons (Fsp3) is 0.231. The highest BCUT2D eigenvalue weighted by atomic mass is 16.5. The highest BCUT2D eigenvalue weighted by Gasteiger charge is 2.01. The van der Waals surface area contributed by atoms with Crippen LogP contribution in [0, 0.1) is 0 Å². The zero-order valence-corrected chi connectivity index (χ0v) is 9.68. The molecule has 90 valence electrons. The molecule has 0 saturated heterocycles. The van der Waals surface area contributed by atoms with E-state index in [2.05, 4.69) is 0 Å². The van der Waals surface area contributed by atoms with Gasteiger partial charge in [-0.15, -0.1) is 0 Å². The molecule has 0 fully saturated rings. The van der Waals surface area contributed by atoms with E-state index in [0.717, 1.165) is 17.1 Å². The normalized spacial score (nSPS) is 10.4. The van der Waals surface area contributed by atoms with Gasteiger partial charge in [-0.3, -0.25) is 0 Å². The third-order valence-corrected chi connectivity index (χ3v) is 2.32. The Morgan fingerprint density at radius 3 is 2.82 bits per heavy atom. The van der Waals surface area contributed by atoms with Gasteiger partial charge in [0.25, 0.3) is 0 Å². The Morgan fingerprint density at radius 1 is 1.24 bits per heavy atom. The third kappa shape index (κ3) is 3.26. The first-order chi connectivity index (χ1) is 8.28. The van der Waals surface area contributed by atoms with Crippen molar-refractivity contribution >= 4 is 5.69 Å². The maximum atomic E-state index is 5.75. The number of hydrogen-bond acceptors (Lipinski definition) is 4. The smallest absolute Gasteiger partial charge is 0.129 e. The van der Waals surface area contributed by atoms with E-state index < -0.39 is 0 Å². The van der Waals surface area contributed by atoms with Crippen LogP contribution in [0.2, 0.25) is 0 Å². The Labute approximate surface area is 99.9 Å². The summed E-state index contributed by atoms with van der Waals surface area (Å²) in [5.74, 6) is 1.54. The van der Waals surface area contributed by atoms with Gasteiger partial charge >= 0.3 is 0 Å². The van der Waals surface area contributed by atoms with Gasteiger partial charge in [0.15, 0.2) is 0 Å². The fourth-order valence-electron chi connectivity index (χ4n) is 1.55. The molecule has 1 aromatic carbocycles. The van der Waals surface area contributed by atoms with Crippen LogP contribution in [0.4, 0.5) is 5.69 Å². The van der Waals surface area contributed by atoms with Crippen LogP contribution in [0.25, 0.3) is 0 Å². The molecular formula is C13H15NO3. The Kier molecular flexibility index (Phi) is 3.67. The highest BCUT2D eigenvalue weighted by Crippen LogP contribution is 2.19. The van der Waals surface area contributed by atoms with E-state index in [9.17, 15) is 0 Å². The molecule has 0 unspecified atom stereocenters. The zero-order chi connectivity index (χ0) is 12.1. The molecule has 1 heterocycles. The quantitative estimate of drug-likeness (QED) is 0.806. The molecule has 0 atom stereocenters. The summed E-state index contributed by atoms with van der Waals surface area (Å²) in [5.41, 5.74) is 7.39. The largest absolute Gasteiger partial charge is 0.497 e. The van der Waals surface area contributed by atoms with Crippen LogP contribution in [0.15, 0.2) is 41.0 Å². The minimum atomic E-state index is 0.449. The van der Waals surface area contributed by atoms with Crippen LogP contribution in [-0.4, -0.2) is 7.11 Å². The molecule has 17 heavy (non-hydrogen) atoms. The van der Waals surface area contributed by atoms with Gasteiger partial charge in [-0.1, -0.05) is 0 Å². The van der Waals surface area contributed by atoms with Crippen molar-refractivity contribution in [3.63, 3.8) is 0 Å². The second-order valence-electron chi connectivity index (χ2n) is 3.69. The van der Waals surface area contributed by atoms with Gasteiger partial charge in [0, 0.05) is 11.8 Å². The number of ether oxygens (including phenoxy) is 2. The third-order valence-electron chi connectivity index (χ3n) is 2.32. The van der Waals surface area contributed by atoms with Crippen LogP contribution in [0.5, 0.6) is 5.75 Å². The highest BCUT2D eigenvalue weighted by molar-refractivity contribution is 5.47. The molecule has 0 aliphatic carbocycles. The molecule has 4 heteroatoms. The fourth-order valence-corrected chi connectivity index (χ4v) is 1.55. The van der Waals surface area contributed by atoms with E-state index in [1.54, 1.807) is 19.4 Å². The second-order valence-corrected chi connectivity index (χ2v) is 3.69. The van der Waals surface area contributed by atoms with E-state index in [1.165, 1.54) is 0 Å². The first-order valence-corrected chi connectivity index (χ1v) is 5.31. The lowest BCUT2D eigenvalue weighted by molar-refractivity contribution is 0.0928. The summed E-state index contributed by atoms with van der Waals surface area (Å²) in [6.07, 6.45) is 1.63. The van der Waals surface area contributed by atoms with Crippen LogP contribution in [0.3, 0.4) is 0 Å². The number of nitrogens with two attached hydrogens (primary N) is 1. The van der Waals surface area contributed by atoms with Gasteiger partial charge < -0.3 is 19.6 Å². The van der Waals surface area contributed by atoms with Crippen LogP contribution in [-0.2, 0) is 18.0 Å². The standard InChI is InChI=1S/C13H15NO3/c1-15-13-6-10(5-11(14)7-13)8-16-9-12-3-2-4-17-12/h2-7H,8-9,14H2,1H3. The van der Waals surface area contributed by atoms with Crippen molar-refractivity contribution in [1.82, 2.24) is 0 Å². The molecular weight excluding hydrogens is 218 g/mol. The number of rotatable bonds is 5. The summed E-state index contributed by atoms with van der Waals surface area (Å²) in [6, 6.07) is 9.25. The van der Waals surface area contributed by atoms with Gasteiger partial charge in [0.1, 0.15) is 18.1 Å². The average molecular weight is 233 g/mol. The number of methoxy groups -OCH3 is 1. The maximum Gasteiger partial charge on any atom is 0.129 e. The predicted octanol–water partition coefficient (Wildman–Crippen LogP) is 2.59. The van der Waals surface area contributed by atoms with Crippen LogP contribution < -0.4 is 10.5 Å². The Hall–Kier alpha value is -1.94. The lowest BCUT2D eigenvalue weighted by atomic mass is 10.2. The predicted molar refractivity (Wildman–Crippen MR) is 64.6 cm³/mol. The van der Waals surface area contributed by atoms with Crippen molar-refractivity contribution in [2.45, 2.75) is 13.2 Å². The van der Waals surface area contributed by atoms with Gasteiger partial charge in [0.2, 0.25) is 0 Å². The number of nitrogen functional groups attached to an aromatic ring is 1. The number of benzene rings is 1. The van der Waals surface area contributed by atoms with E-state index >= 15 is 0 Å². The summed E-state index contributed by atoms with van der Waals surface area (Å²) < 4.78 is 15.8. The molecule has 4 nitrogen and oxygen atoms in total. The minimum Gasteiger partial charge on any atom is -0.497 e. The van der Waals surface area contributed by atoms with E-state index in [0.29, 0.717) is 18.9 Å². The first-order valence-electron chi connectivity index (χ1n) is 5.31. The van der Waals surface area contributed by atoms with E-state index in [-0.39, 0.29) is 0 Å². The lowest BCUT2D eigenvalue weighted by Gasteiger charge is -2.07. The topological polar surface area (TPSA) is 57.6 Å². The number of hydrogen-bond donors (Lipinski definition) is 1. The molecule has 1 aromatic heterocycles. The molecule has 2 aromatic rings. The van der Waals surface area contributed by atoms with Crippen molar-refractivity contribution < 1.29 is 13.9 Å². The van der Waals surface area contributed by atoms with Gasteiger partial charge in [-0.05, 0) is 29.8 Å². The molecule has 0 saturated carbocycles. The molecule has 2 rings (SSSR count). The molecule has 0 aliphatic rings. The summed E-state index contributed by atoms with van der Waals surface area (Å²) >= 11 is 0. The monoisotopic (exact) mass is 233 g/mol. The molecule has 0 amide bonds. The van der Waals surface area contributed by atoms with Crippen molar-refractivity contribution in [2.24, 2.45) is 0 Å². The van der Waals surface area contributed by atoms with Crippen molar-refractivity contribution in [1.29, 1.82) is 0 Å². The molecule has 0 bridgehead atoms. The van der Waals surface area contributed by atoms with Gasteiger partial charge in [-0.2, -0.15) is 0 Å². The average Bonchev–Trinajstić information content (AvgIpc) is 2.81. The van der Waals surface area contributed by atoms with Crippen LogP contribution in [0.1, 0.15) is 11.3 Å². The zero-order valence-electron chi connectivity index (χ0n) is 9.68. The summed E-state index contributed by atoms with van der Waals surface area (Å²) in [5, 5.41) is 0. The van der Waals surface area contributed by atoms with E-state index in [4.69, 9.17) is 19.6 Å². The Morgan fingerprint density at radius 2 is 2.12 bits per heavy atom. The van der Waals surface area contributed by atoms with Crippen LogP contribution >= 0.6 is 0 Å². The summed E-state index contributed by atoms with van der Waals surface area (Å²) in [4.78, 5) is 0. The van der Waals surface area contributed by atoms with Gasteiger partial charge in [-0.25, -0.2) is 0 Å². The van der Waals surface area contributed by atoms with Gasteiger partial charge in [0.05, 0.1) is 20.0 Å². The number of anilines is 1. The number of furan rings is 1. The van der Waals surface area contributed by atoms with Crippen molar-refractivity contribution in [3.8, 4) is 5.75 Å². The Bertz CT molecular complexity index is 466. The Balaban J connectivity index is 1.92. The second kappa shape index (κ2) is 5.41. The first kappa shape index (κ1) is 11.5. The minimum absolute atomic E-state index is 0.449.